The number of nitrogens with two attached hydrogens (primary N) is 1. The van der Waals surface area contributed by atoms with Crippen LogP contribution in [0, 0.1) is 23.7 Å². The molecule has 3 amide bonds. The van der Waals surface area contributed by atoms with Gasteiger partial charge in [-0.1, -0.05) is 24.1 Å². The average molecular weight is 419 g/mol. The molecular formula is C22H25N7O2. The first kappa shape index (κ1) is 20.7. The van der Waals surface area contributed by atoms with Crippen molar-refractivity contribution in [2.75, 3.05) is 26.7 Å². The molecule has 3 heterocycles. The lowest BCUT2D eigenvalue weighted by Crippen LogP contribution is -2.65. The summed E-state index contributed by atoms with van der Waals surface area (Å²) in [5.74, 6) is 2.79. The smallest absolute Gasteiger partial charge is 0.329 e. The van der Waals surface area contributed by atoms with Crippen LogP contribution in [0.15, 0.2) is 29.3 Å². The Hall–Kier alpha value is -3.56. The van der Waals surface area contributed by atoms with Crippen LogP contribution in [0.25, 0.3) is 0 Å². The lowest BCUT2D eigenvalue weighted by Gasteiger charge is -2.42. The molecule has 4 rings (SSSR count). The summed E-state index contributed by atoms with van der Waals surface area (Å²) >= 11 is 0. The summed E-state index contributed by atoms with van der Waals surface area (Å²) in [6.45, 7) is 1.74. The zero-order valence-electron chi connectivity index (χ0n) is 17.4. The van der Waals surface area contributed by atoms with E-state index in [2.05, 4.69) is 16.9 Å². The van der Waals surface area contributed by atoms with Crippen LogP contribution in [0.5, 0.6) is 0 Å². The number of imide groups is 1. The number of hydrogen-bond acceptors (Lipinski definition) is 7. The highest BCUT2D eigenvalue weighted by molar-refractivity contribution is 6.03. The van der Waals surface area contributed by atoms with Gasteiger partial charge in [0.05, 0.1) is 18.2 Å². The molecule has 3 unspecified atom stereocenters. The maximum absolute atomic E-state index is 13.2. The van der Waals surface area contributed by atoms with Crippen molar-refractivity contribution in [3.63, 3.8) is 0 Å². The fourth-order valence-corrected chi connectivity index (χ4v) is 4.48. The van der Waals surface area contributed by atoms with Gasteiger partial charge >= 0.3 is 6.03 Å². The Morgan fingerprint density at radius 2 is 2.06 bits per heavy atom. The molecule has 3 aliphatic heterocycles. The topological polar surface area (TPSA) is 109 Å². The first-order valence-electron chi connectivity index (χ1n) is 10.3. The molecule has 2 saturated heterocycles. The number of amides is 3. The zero-order chi connectivity index (χ0) is 22.1. The average Bonchev–Trinajstić information content (AvgIpc) is 3.14. The lowest BCUT2D eigenvalue weighted by molar-refractivity contribution is -0.136. The molecular weight excluding hydrogens is 394 g/mol. The minimum absolute atomic E-state index is 0.00846. The van der Waals surface area contributed by atoms with Gasteiger partial charge in [-0.25, -0.2) is 9.79 Å². The summed E-state index contributed by atoms with van der Waals surface area (Å²) in [7, 11) is 1.46. The Balaban J connectivity index is 1.76. The number of hydrogen-bond donors (Lipinski definition) is 1. The predicted octanol–water partition coefficient (Wildman–Crippen LogP) is 0.375. The third kappa shape index (κ3) is 3.58. The third-order valence-corrected chi connectivity index (χ3v) is 6.04. The van der Waals surface area contributed by atoms with E-state index in [0.717, 1.165) is 29.8 Å². The van der Waals surface area contributed by atoms with Crippen molar-refractivity contribution in [1.82, 2.24) is 19.6 Å². The number of urea groups is 1. The van der Waals surface area contributed by atoms with Crippen LogP contribution >= 0.6 is 0 Å². The van der Waals surface area contributed by atoms with Crippen LogP contribution in [0.2, 0.25) is 0 Å². The maximum atomic E-state index is 13.2. The number of guanidine groups is 1. The van der Waals surface area contributed by atoms with Gasteiger partial charge in [0.1, 0.15) is 0 Å². The van der Waals surface area contributed by atoms with E-state index in [4.69, 9.17) is 17.1 Å². The molecule has 9 heteroatoms. The predicted molar refractivity (Wildman–Crippen MR) is 114 cm³/mol. The third-order valence-electron chi connectivity index (χ3n) is 6.04. The van der Waals surface area contributed by atoms with E-state index in [1.807, 2.05) is 17.0 Å². The van der Waals surface area contributed by atoms with E-state index in [1.54, 1.807) is 12.1 Å². The summed E-state index contributed by atoms with van der Waals surface area (Å²) in [4.78, 5) is 37.3. The number of nitriles is 1. The quantitative estimate of drug-likeness (QED) is 0.710. The number of likely N-dealkylation sites (tertiary alicyclic amines) is 1. The van der Waals surface area contributed by atoms with Crippen molar-refractivity contribution >= 4 is 17.9 Å². The van der Waals surface area contributed by atoms with Crippen LogP contribution in [-0.2, 0) is 11.3 Å². The lowest BCUT2D eigenvalue weighted by atomic mass is 10.0. The highest BCUT2D eigenvalue weighted by Gasteiger charge is 2.53. The van der Waals surface area contributed by atoms with Crippen LogP contribution in [0.4, 0.5) is 4.79 Å². The highest BCUT2D eigenvalue weighted by atomic mass is 16.2. The monoisotopic (exact) mass is 419 g/mol. The first-order chi connectivity index (χ1) is 15.0. The second kappa shape index (κ2) is 8.29. The number of aliphatic imine (C=N–C) groups is 1. The van der Waals surface area contributed by atoms with E-state index >= 15 is 0 Å². The van der Waals surface area contributed by atoms with Crippen molar-refractivity contribution < 1.29 is 9.59 Å². The van der Waals surface area contributed by atoms with Crippen LogP contribution < -0.4 is 5.73 Å². The molecule has 9 nitrogen and oxygen atoms in total. The number of nitrogens with zero attached hydrogens (tertiary/aromatic N) is 6. The van der Waals surface area contributed by atoms with Crippen molar-refractivity contribution in [3.8, 4) is 18.4 Å². The van der Waals surface area contributed by atoms with E-state index in [0.29, 0.717) is 24.6 Å². The van der Waals surface area contributed by atoms with Gasteiger partial charge in [-0.2, -0.15) is 5.26 Å². The van der Waals surface area contributed by atoms with Gasteiger partial charge in [0.2, 0.25) is 0 Å². The van der Waals surface area contributed by atoms with Crippen molar-refractivity contribution in [2.24, 2.45) is 10.7 Å². The van der Waals surface area contributed by atoms with Crippen molar-refractivity contribution in [3.05, 3.63) is 35.4 Å². The number of rotatable bonds is 3. The maximum Gasteiger partial charge on any atom is 0.329 e. The molecule has 2 fully saturated rings. The number of benzene rings is 1. The Morgan fingerprint density at radius 3 is 2.77 bits per heavy atom. The van der Waals surface area contributed by atoms with Gasteiger partial charge < -0.3 is 15.5 Å². The van der Waals surface area contributed by atoms with Gasteiger partial charge in [-0.05, 0) is 24.5 Å². The number of likely N-dealkylation sites (N-methyl/N-ethyl adjacent to an activating group) is 1. The van der Waals surface area contributed by atoms with E-state index < -0.39 is 18.2 Å². The van der Waals surface area contributed by atoms with E-state index in [-0.39, 0.29) is 18.5 Å². The van der Waals surface area contributed by atoms with Gasteiger partial charge in [0.25, 0.3) is 5.91 Å². The van der Waals surface area contributed by atoms with Crippen molar-refractivity contribution in [2.45, 2.75) is 37.6 Å². The minimum Gasteiger partial charge on any atom is -0.341 e. The van der Waals surface area contributed by atoms with Gasteiger partial charge in [-0.3, -0.25) is 14.6 Å². The molecule has 0 aromatic heterocycles. The van der Waals surface area contributed by atoms with Gasteiger partial charge in [0.15, 0.2) is 18.2 Å². The number of fused-ring (bicyclic) bond motifs is 1. The Labute approximate surface area is 181 Å². The molecule has 1 aromatic rings. The molecule has 0 radical (unpaired) electrons. The standard InChI is InChI=1S/C22H25N7O2/c1-3-10-28-19-18(20(30)26(2)22(28)31)29(13-16-8-5-4-7-15(16)12-23)21(25-19)27-11-6-9-17(24)14-27/h1,4-5,7-8,17-19H,6,9-11,13-14,24H2,2H3. The second-order valence-corrected chi connectivity index (χ2v) is 8.04. The second-order valence-electron chi connectivity index (χ2n) is 8.04. The fraction of sp³-hybridized carbons (Fsp3) is 0.455. The zero-order valence-corrected chi connectivity index (χ0v) is 17.4. The van der Waals surface area contributed by atoms with Gasteiger partial charge in [-0.15, -0.1) is 6.42 Å². The summed E-state index contributed by atoms with van der Waals surface area (Å²) in [6, 6.07) is 8.34. The van der Waals surface area contributed by atoms with E-state index in [1.165, 1.54) is 11.9 Å². The number of carbonyl (C=O) groups excluding carboxylic acids is 2. The largest absolute Gasteiger partial charge is 0.341 e. The minimum atomic E-state index is -0.713. The summed E-state index contributed by atoms with van der Waals surface area (Å²) < 4.78 is 0. The molecule has 3 aliphatic rings. The normalized spacial score (nSPS) is 25.8. The molecule has 31 heavy (non-hydrogen) atoms. The Kier molecular flexibility index (Phi) is 5.53. The van der Waals surface area contributed by atoms with Crippen LogP contribution in [0.1, 0.15) is 24.0 Å². The molecule has 0 spiro atoms. The molecule has 0 aliphatic carbocycles. The molecule has 160 valence electrons. The number of piperidine rings is 1. The summed E-state index contributed by atoms with van der Waals surface area (Å²) in [6.07, 6.45) is 6.63. The molecule has 0 bridgehead atoms. The first-order valence-corrected chi connectivity index (χ1v) is 10.3. The molecule has 2 N–H and O–H groups in total. The summed E-state index contributed by atoms with van der Waals surface area (Å²) in [5, 5.41) is 9.54. The fourth-order valence-electron chi connectivity index (χ4n) is 4.48. The van der Waals surface area contributed by atoms with Crippen LogP contribution in [-0.4, -0.2) is 82.4 Å². The molecule has 3 atom stereocenters. The molecule has 1 aromatic carbocycles. The summed E-state index contributed by atoms with van der Waals surface area (Å²) in [5.41, 5.74) is 7.53. The number of carbonyl (C=O) groups is 2. The molecule has 0 saturated carbocycles. The van der Waals surface area contributed by atoms with E-state index in [9.17, 15) is 14.9 Å². The van der Waals surface area contributed by atoms with Crippen LogP contribution in [0.3, 0.4) is 0 Å². The van der Waals surface area contributed by atoms with Crippen molar-refractivity contribution in [1.29, 1.82) is 5.26 Å². The number of terminal acetylenes is 1. The Bertz CT molecular complexity index is 1010. The Morgan fingerprint density at radius 1 is 1.29 bits per heavy atom. The SMILES string of the molecule is C#CCN1C(=O)N(C)C(=O)C2C1N=C(N1CCCC(N)C1)N2Cc1ccccc1C#N. The van der Waals surface area contributed by atoms with Gasteiger partial charge in [0, 0.05) is 32.7 Å². The highest BCUT2D eigenvalue weighted by Crippen LogP contribution is 2.31.